The summed E-state index contributed by atoms with van der Waals surface area (Å²) < 4.78 is 42.0. The van der Waals surface area contributed by atoms with Crippen LogP contribution in [0.25, 0.3) is 0 Å². The van der Waals surface area contributed by atoms with Gasteiger partial charge < -0.3 is 10.5 Å². The number of aromatic nitrogens is 2. The first-order valence-corrected chi connectivity index (χ1v) is 5.96. The topological polar surface area (TPSA) is 53.1 Å². The van der Waals surface area contributed by atoms with Crippen LogP contribution in [0.2, 0.25) is 0 Å². The normalized spacial score (nSPS) is 11.6. The number of alkyl halides is 3. The Morgan fingerprint density at radius 3 is 2.37 bits per heavy atom. The van der Waals surface area contributed by atoms with E-state index in [-0.39, 0.29) is 5.75 Å². The van der Waals surface area contributed by atoms with E-state index < -0.39 is 6.36 Å². The molecule has 1 aromatic carbocycles. The lowest BCUT2D eigenvalue weighted by molar-refractivity contribution is -0.274. The second-order valence-electron chi connectivity index (χ2n) is 3.75. The van der Waals surface area contributed by atoms with Gasteiger partial charge >= 0.3 is 6.36 Å². The van der Waals surface area contributed by atoms with E-state index in [0.717, 1.165) is 5.56 Å². The van der Waals surface area contributed by atoms with Gasteiger partial charge in [-0.15, -0.1) is 13.2 Å². The summed E-state index contributed by atoms with van der Waals surface area (Å²) in [5, 5.41) is 4.02. The smallest absolute Gasteiger partial charge is 0.406 e. The molecule has 0 saturated heterocycles. The number of nitrogen functional groups attached to an aromatic ring is 1. The Labute approximate surface area is 115 Å². The van der Waals surface area contributed by atoms with Crippen LogP contribution in [0.3, 0.4) is 0 Å². The van der Waals surface area contributed by atoms with Crippen LogP contribution in [0.5, 0.6) is 5.75 Å². The highest BCUT2D eigenvalue weighted by Gasteiger charge is 2.30. The fraction of sp³-hybridized carbons (Fsp3) is 0.182. The van der Waals surface area contributed by atoms with Crippen LogP contribution in [0.4, 0.5) is 19.0 Å². The monoisotopic (exact) mass is 335 g/mol. The largest absolute Gasteiger partial charge is 0.573 e. The number of benzene rings is 1. The number of hydrogen-bond donors (Lipinski definition) is 1. The summed E-state index contributed by atoms with van der Waals surface area (Å²) in [7, 11) is 0. The fourth-order valence-electron chi connectivity index (χ4n) is 1.48. The van der Waals surface area contributed by atoms with E-state index in [9.17, 15) is 13.2 Å². The maximum atomic E-state index is 12.0. The summed E-state index contributed by atoms with van der Waals surface area (Å²) in [5.41, 5.74) is 6.35. The molecule has 0 unspecified atom stereocenters. The zero-order valence-electron chi connectivity index (χ0n) is 9.49. The summed E-state index contributed by atoms with van der Waals surface area (Å²) >= 11 is 3.22. The first kappa shape index (κ1) is 13.7. The van der Waals surface area contributed by atoms with Crippen LogP contribution in [-0.2, 0) is 6.54 Å². The lowest BCUT2D eigenvalue weighted by atomic mass is 10.2. The van der Waals surface area contributed by atoms with Gasteiger partial charge in [-0.05, 0) is 33.6 Å². The molecule has 8 heteroatoms. The van der Waals surface area contributed by atoms with Gasteiger partial charge in [-0.1, -0.05) is 12.1 Å². The first-order valence-electron chi connectivity index (χ1n) is 5.16. The molecule has 2 aromatic rings. The standard InChI is InChI=1S/C11H9BrF3N3O/c12-9-6-18(17-10(9)16)5-7-1-3-8(4-2-7)19-11(13,14)15/h1-4,6H,5H2,(H2,16,17). The Kier molecular flexibility index (Phi) is 3.70. The number of nitrogens with two attached hydrogens (primary N) is 1. The van der Waals surface area contributed by atoms with Crippen LogP contribution in [0.15, 0.2) is 34.9 Å². The van der Waals surface area contributed by atoms with Crippen molar-refractivity contribution in [1.29, 1.82) is 0 Å². The fourth-order valence-corrected chi connectivity index (χ4v) is 1.79. The third-order valence-corrected chi connectivity index (χ3v) is 2.86. The van der Waals surface area contributed by atoms with Crippen molar-refractivity contribution in [3.8, 4) is 5.75 Å². The van der Waals surface area contributed by atoms with Gasteiger partial charge in [-0.25, -0.2) is 0 Å². The van der Waals surface area contributed by atoms with Gasteiger partial charge in [0.25, 0.3) is 0 Å². The second kappa shape index (κ2) is 5.12. The van der Waals surface area contributed by atoms with E-state index in [1.165, 1.54) is 24.3 Å². The van der Waals surface area contributed by atoms with E-state index in [0.29, 0.717) is 16.8 Å². The van der Waals surface area contributed by atoms with Crippen LogP contribution in [0, 0.1) is 0 Å². The molecule has 19 heavy (non-hydrogen) atoms. The molecular weight excluding hydrogens is 327 g/mol. The number of hydrogen-bond acceptors (Lipinski definition) is 3. The van der Waals surface area contributed by atoms with Gasteiger partial charge in [-0.2, -0.15) is 5.10 Å². The molecule has 0 atom stereocenters. The first-order chi connectivity index (χ1) is 8.83. The van der Waals surface area contributed by atoms with E-state index in [2.05, 4.69) is 25.8 Å². The number of ether oxygens (including phenoxy) is 1. The summed E-state index contributed by atoms with van der Waals surface area (Å²) in [4.78, 5) is 0. The lowest BCUT2D eigenvalue weighted by Crippen LogP contribution is -2.17. The molecule has 102 valence electrons. The molecule has 0 amide bonds. The molecule has 1 aromatic heterocycles. The molecular formula is C11H9BrF3N3O. The van der Waals surface area contributed by atoms with E-state index in [1.807, 2.05) is 0 Å². The Balaban J connectivity index is 2.06. The summed E-state index contributed by atoms with van der Waals surface area (Å²) in [6.45, 7) is 0.405. The predicted molar refractivity (Wildman–Crippen MR) is 66.6 cm³/mol. The Morgan fingerprint density at radius 2 is 1.89 bits per heavy atom. The second-order valence-corrected chi connectivity index (χ2v) is 4.61. The number of rotatable bonds is 3. The Hall–Kier alpha value is -1.70. The molecule has 1 heterocycles. The van der Waals surface area contributed by atoms with Gasteiger partial charge in [0.05, 0.1) is 11.0 Å². The molecule has 4 nitrogen and oxygen atoms in total. The molecule has 0 fully saturated rings. The van der Waals surface area contributed by atoms with Gasteiger partial charge in [0, 0.05) is 6.20 Å². The van der Waals surface area contributed by atoms with Crippen LogP contribution in [-0.4, -0.2) is 16.1 Å². The number of anilines is 1. The highest BCUT2D eigenvalue weighted by Crippen LogP contribution is 2.23. The van der Waals surface area contributed by atoms with Crippen molar-refractivity contribution in [2.24, 2.45) is 0 Å². The molecule has 2 rings (SSSR count). The van der Waals surface area contributed by atoms with Crippen LogP contribution >= 0.6 is 15.9 Å². The third kappa shape index (κ3) is 3.88. The maximum absolute atomic E-state index is 12.0. The van der Waals surface area contributed by atoms with E-state index in [1.54, 1.807) is 10.9 Å². The quantitative estimate of drug-likeness (QED) is 0.937. The minimum atomic E-state index is -4.68. The lowest BCUT2D eigenvalue weighted by Gasteiger charge is -2.09. The third-order valence-electron chi connectivity index (χ3n) is 2.24. The SMILES string of the molecule is Nc1nn(Cc2ccc(OC(F)(F)F)cc2)cc1Br. The molecule has 0 aliphatic rings. The van der Waals surface area contributed by atoms with Crippen molar-refractivity contribution in [1.82, 2.24) is 9.78 Å². The molecule has 0 radical (unpaired) electrons. The van der Waals surface area contributed by atoms with Crippen LogP contribution < -0.4 is 10.5 Å². The van der Waals surface area contributed by atoms with Gasteiger partial charge in [0.15, 0.2) is 5.82 Å². The van der Waals surface area contributed by atoms with Gasteiger partial charge in [-0.3, -0.25) is 4.68 Å². The number of nitrogens with zero attached hydrogens (tertiary/aromatic N) is 2. The Morgan fingerprint density at radius 1 is 1.26 bits per heavy atom. The van der Waals surface area contributed by atoms with Crippen molar-refractivity contribution in [2.75, 3.05) is 5.73 Å². The minimum absolute atomic E-state index is 0.252. The average molecular weight is 336 g/mol. The van der Waals surface area contributed by atoms with Crippen molar-refractivity contribution in [3.05, 3.63) is 40.5 Å². The van der Waals surface area contributed by atoms with Crippen molar-refractivity contribution in [2.45, 2.75) is 12.9 Å². The molecule has 0 saturated carbocycles. The summed E-state index contributed by atoms with van der Waals surface area (Å²) in [6.07, 6.45) is -2.99. The van der Waals surface area contributed by atoms with Crippen molar-refractivity contribution >= 4 is 21.7 Å². The maximum Gasteiger partial charge on any atom is 0.573 e. The van der Waals surface area contributed by atoms with E-state index in [4.69, 9.17) is 5.73 Å². The zero-order valence-corrected chi connectivity index (χ0v) is 11.1. The minimum Gasteiger partial charge on any atom is -0.406 e. The zero-order chi connectivity index (χ0) is 14.0. The molecule has 0 spiro atoms. The highest BCUT2D eigenvalue weighted by molar-refractivity contribution is 9.10. The van der Waals surface area contributed by atoms with Gasteiger partial charge in [0.2, 0.25) is 0 Å². The molecule has 2 N–H and O–H groups in total. The van der Waals surface area contributed by atoms with Crippen molar-refractivity contribution in [3.63, 3.8) is 0 Å². The number of halogens is 4. The summed E-state index contributed by atoms with van der Waals surface area (Å²) in [5.74, 6) is 0.106. The van der Waals surface area contributed by atoms with Gasteiger partial charge in [0.1, 0.15) is 5.75 Å². The molecule has 0 aliphatic carbocycles. The predicted octanol–water partition coefficient (Wildman–Crippen LogP) is 3.17. The highest BCUT2D eigenvalue weighted by atomic mass is 79.9. The van der Waals surface area contributed by atoms with E-state index >= 15 is 0 Å². The Bertz CT molecular complexity index is 546. The average Bonchev–Trinajstić information content (AvgIpc) is 2.59. The summed E-state index contributed by atoms with van der Waals surface area (Å²) in [6, 6.07) is 5.58. The van der Waals surface area contributed by atoms with Crippen LogP contribution in [0.1, 0.15) is 5.56 Å². The molecule has 0 bridgehead atoms. The molecule has 0 aliphatic heterocycles. The van der Waals surface area contributed by atoms with Crippen molar-refractivity contribution < 1.29 is 17.9 Å².